The zero-order valence-electron chi connectivity index (χ0n) is 8.55. The highest BCUT2D eigenvalue weighted by molar-refractivity contribution is 5.99. The molecule has 1 heterocycles. The summed E-state index contributed by atoms with van der Waals surface area (Å²) in [6.45, 7) is 0.748. The number of amides is 1. The van der Waals surface area contributed by atoms with Crippen LogP contribution in [0.25, 0.3) is 0 Å². The number of phenols is 1. The molecule has 5 heteroatoms. The van der Waals surface area contributed by atoms with Crippen molar-refractivity contribution >= 4 is 11.9 Å². The molecule has 0 saturated carbocycles. The molecule has 1 saturated heterocycles. The Morgan fingerprint density at radius 1 is 1.50 bits per heavy atom. The van der Waals surface area contributed by atoms with Crippen molar-refractivity contribution < 1.29 is 19.4 Å². The highest BCUT2D eigenvalue weighted by Crippen LogP contribution is 2.13. The molecule has 1 N–H and O–H groups in total. The van der Waals surface area contributed by atoms with Gasteiger partial charge in [0.2, 0.25) is 0 Å². The number of hydrogen-bond acceptors (Lipinski definition) is 4. The van der Waals surface area contributed by atoms with Crippen molar-refractivity contribution in [2.24, 2.45) is 0 Å². The molecule has 84 valence electrons. The molecule has 0 bridgehead atoms. The number of carbonyl (C=O) groups excluding carboxylic acids is 2. The van der Waals surface area contributed by atoms with Gasteiger partial charge in [-0.1, -0.05) is 12.1 Å². The molecule has 0 atom stereocenters. The van der Waals surface area contributed by atoms with Crippen LogP contribution >= 0.6 is 0 Å². The number of ketones is 1. The van der Waals surface area contributed by atoms with Crippen molar-refractivity contribution in [2.45, 2.75) is 0 Å². The fourth-order valence-electron chi connectivity index (χ4n) is 1.51. The van der Waals surface area contributed by atoms with Crippen LogP contribution in [0.2, 0.25) is 0 Å². The quantitative estimate of drug-likeness (QED) is 0.774. The molecular weight excluding hydrogens is 210 g/mol. The Hall–Kier alpha value is -2.04. The van der Waals surface area contributed by atoms with Gasteiger partial charge in [0, 0.05) is 5.56 Å². The molecule has 1 fully saturated rings. The Morgan fingerprint density at radius 2 is 2.31 bits per heavy atom. The SMILES string of the molecule is O=C(CN1CCOC1=O)c1cccc(O)c1. The van der Waals surface area contributed by atoms with E-state index in [1.165, 1.54) is 17.0 Å². The molecule has 1 aliphatic rings. The lowest BCUT2D eigenvalue weighted by atomic mass is 10.1. The molecule has 1 aromatic rings. The average Bonchev–Trinajstić information content (AvgIpc) is 2.64. The van der Waals surface area contributed by atoms with E-state index in [1.54, 1.807) is 12.1 Å². The van der Waals surface area contributed by atoms with Crippen LogP contribution in [-0.2, 0) is 4.74 Å². The number of cyclic esters (lactones) is 1. The second kappa shape index (κ2) is 4.22. The molecule has 0 aliphatic carbocycles. The van der Waals surface area contributed by atoms with Crippen LogP contribution in [0.5, 0.6) is 5.75 Å². The number of phenolic OH excluding ortho intramolecular Hbond substituents is 1. The molecule has 1 aliphatic heterocycles. The van der Waals surface area contributed by atoms with E-state index >= 15 is 0 Å². The molecule has 0 unspecified atom stereocenters. The maximum Gasteiger partial charge on any atom is 0.410 e. The van der Waals surface area contributed by atoms with E-state index in [0.717, 1.165) is 0 Å². The van der Waals surface area contributed by atoms with Crippen molar-refractivity contribution in [1.82, 2.24) is 4.90 Å². The van der Waals surface area contributed by atoms with Crippen LogP contribution in [0.1, 0.15) is 10.4 Å². The molecule has 2 rings (SSSR count). The summed E-state index contributed by atoms with van der Waals surface area (Å²) in [4.78, 5) is 24.2. The highest BCUT2D eigenvalue weighted by Gasteiger charge is 2.24. The number of carbonyl (C=O) groups is 2. The van der Waals surface area contributed by atoms with E-state index in [1.807, 2.05) is 0 Å². The summed E-state index contributed by atoms with van der Waals surface area (Å²) in [5.74, 6) is -0.176. The van der Waals surface area contributed by atoms with Gasteiger partial charge in [-0.25, -0.2) is 4.79 Å². The normalized spacial score (nSPS) is 15.0. The third kappa shape index (κ3) is 2.13. The van der Waals surface area contributed by atoms with Crippen molar-refractivity contribution in [1.29, 1.82) is 0 Å². The van der Waals surface area contributed by atoms with Gasteiger partial charge >= 0.3 is 6.09 Å². The third-order valence-electron chi connectivity index (χ3n) is 2.35. The maximum absolute atomic E-state index is 11.7. The average molecular weight is 221 g/mol. The summed E-state index contributed by atoms with van der Waals surface area (Å²) in [6.07, 6.45) is -0.464. The summed E-state index contributed by atoms with van der Waals surface area (Å²) in [5, 5.41) is 9.22. The minimum Gasteiger partial charge on any atom is -0.508 e. The van der Waals surface area contributed by atoms with Crippen LogP contribution in [0.3, 0.4) is 0 Å². The zero-order valence-corrected chi connectivity index (χ0v) is 8.55. The minimum atomic E-state index is -0.464. The predicted molar refractivity (Wildman–Crippen MR) is 55.4 cm³/mol. The first-order valence-electron chi connectivity index (χ1n) is 4.91. The van der Waals surface area contributed by atoms with Crippen LogP contribution in [-0.4, -0.2) is 41.6 Å². The molecule has 1 aromatic carbocycles. The largest absolute Gasteiger partial charge is 0.508 e. The summed E-state index contributed by atoms with van der Waals surface area (Å²) < 4.78 is 4.71. The minimum absolute atomic E-state index is 0.0116. The number of Topliss-reactive ketones (excluding diaryl/α,β-unsaturated/α-hetero) is 1. The summed E-state index contributed by atoms with van der Waals surface area (Å²) >= 11 is 0. The molecule has 0 aromatic heterocycles. The van der Waals surface area contributed by atoms with Crippen molar-refractivity contribution in [2.75, 3.05) is 19.7 Å². The Balaban J connectivity index is 2.05. The molecule has 16 heavy (non-hydrogen) atoms. The smallest absolute Gasteiger partial charge is 0.410 e. The van der Waals surface area contributed by atoms with Crippen LogP contribution < -0.4 is 0 Å². The second-order valence-corrected chi connectivity index (χ2v) is 3.51. The molecule has 0 spiro atoms. The summed E-state index contributed by atoms with van der Waals surface area (Å²) in [7, 11) is 0. The number of ether oxygens (including phenoxy) is 1. The van der Waals surface area contributed by atoms with E-state index in [9.17, 15) is 14.7 Å². The topological polar surface area (TPSA) is 66.8 Å². The van der Waals surface area contributed by atoms with Crippen LogP contribution in [0.15, 0.2) is 24.3 Å². The van der Waals surface area contributed by atoms with E-state index in [0.29, 0.717) is 18.7 Å². The van der Waals surface area contributed by atoms with Gasteiger partial charge in [0.1, 0.15) is 12.4 Å². The second-order valence-electron chi connectivity index (χ2n) is 3.51. The molecular formula is C11H11NO4. The van der Waals surface area contributed by atoms with Gasteiger partial charge in [0.25, 0.3) is 0 Å². The van der Waals surface area contributed by atoms with Gasteiger partial charge in [-0.2, -0.15) is 0 Å². The monoisotopic (exact) mass is 221 g/mol. The van der Waals surface area contributed by atoms with Gasteiger partial charge in [-0.05, 0) is 12.1 Å². The number of hydrogen-bond donors (Lipinski definition) is 1. The van der Waals surface area contributed by atoms with E-state index < -0.39 is 6.09 Å². The predicted octanol–water partition coefficient (Wildman–Crippen LogP) is 1.03. The first-order valence-corrected chi connectivity index (χ1v) is 4.91. The third-order valence-corrected chi connectivity index (χ3v) is 2.35. The Bertz CT molecular complexity index is 430. The standard InChI is InChI=1S/C11H11NO4/c13-9-3-1-2-8(6-9)10(14)7-12-4-5-16-11(12)15/h1-3,6,13H,4-5,7H2. The maximum atomic E-state index is 11.7. The van der Waals surface area contributed by atoms with Crippen molar-refractivity contribution in [3.8, 4) is 5.75 Å². The number of aromatic hydroxyl groups is 1. The van der Waals surface area contributed by atoms with E-state index in [-0.39, 0.29) is 18.1 Å². The van der Waals surface area contributed by atoms with Gasteiger partial charge in [0.05, 0.1) is 13.1 Å². The fraction of sp³-hybridized carbons (Fsp3) is 0.273. The Morgan fingerprint density at radius 3 is 2.94 bits per heavy atom. The number of rotatable bonds is 3. The van der Waals surface area contributed by atoms with Crippen molar-refractivity contribution in [3.05, 3.63) is 29.8 Å². The lowest BCUT2D eigenvalue weighted by Gasteiger charge is -2.11. The number of benzene rings is 1. The molecule has 0 radical (unpaired) electrons. The van der Waals surface area contributed by atoms with E-state index in [2.05, 4.69) is 0 Å². The lowest BCUT2D eigenvalue weighted by Crippen LogP contribution is -2.30. The van der Waals surface area contributed by atoms with Gasteiger partial charge in [-0.15, -0.1) is 0 Å². The van der Waals surface area contributed by atoms with Gasteiger partial charge in [-0.3, -0.25) is 9.69 Å². The zero-order chi connectivity index (χ0) is 11.5. The first-order chi connectivity index (χ1) is 7.66. The summed E-state index contributed by atoms with van der Waals surface area (Å²) in [6, 6.07) is 6.05. The number of nitrogens with zero attached hydrogens (tertiary/aromatic N) is 1. The fourth-order valence-corrected chi connectivity index (χ4v) is 1.51. The highest BCUT2D eigenvalue weighted by atomic mass is 16.6. The lowest BCUT2D eigenvalue weighted by molar-refractivity contribution is 0.0943. The van der Waals surface area contributed by atoms with Gasteiger partial charge in [0.15, 0.2) is 5.78 Å². The summed E-state index contributed by atoms with van der Waals surface area (Å²) in [5.41, 5.74) is 0.389. The molecule has 1 amide bonds. The first kappa shape index (κ1) is 10.5. The van der Waals surface area contributed by atoms with Crippen molar-refractivity contribution in [3.63, 3.8) is 0 Å². The molecule has 5 nitrogen and oxygen atoms in total. The van der Waals surface area contributed by atoms with E-state index in [4.69, 9.17) is 4.74 Å². The van der Waals surface area contributed by atoms with Crippen LogP contribution in [0.4, 0.5) is 4.79 Å². The van der Waals surface area contributed by atoms with Gasteiger partial charge < -0.3 is 9.84 Å². The van der Waals surface area contributed by atoms with Crippen LogP contribution in [0, 0.1) is 0 Å². The Kier molecular flexibility index (Phi) is 2.76. The Labute approximate surface area is 92.2 Å².